The van der Waals surface area contributed by atoms with Gasteiger partial charge in [0.25, 0.3) is 5.91 Å². The first-order valence-corrected chi connectivity index (χ1v) is 14.9. The van der Waals surface area contributed by atoms with Gasteiger partial charge in [0.1, 0.15) is 5.69 Å². The van der Waals surface area contributed by atoms with Crippen LogP contribution in [0.2, 0.25) is 0 Å². The first-order valence-electron chi connectivity index (χ1n) is 13.3. The van der Waals surface area contributed by atoms with E-state index in [0.29, 0.717) is 49.8 Å². The van der Waals surface area contributed by atoms with Gasteiger partial charge in [-0.25, -0.2) is 14.4 Å². The number of carbonyl (C=O) groups is 2. The van der Waals surface area contributed by atoms with E-state index in [2.05, 4.69) is 25.7 Å². The van der Waals surface area contributed by atoms with Crippen molar-refractivity contribution >= 4 is 53.5 Å². The van der Waals surface area contributed by atoms with Crippen molar-refractivity contribution in [3.63, 3.8) is 0 Å². The van der Waals surface area contributed by atoms with Crippen molar-refractivity contribution in [2.24, 2.45) is 17.5 Å². The number of hydrogen-bond acceptors (Lipinski definition) is 13. The average molecular weight is 614 g/mol. The first kappa shape index (κ1) is 32.1. The highest BCUT2D eigenvalue weighted by atomic mass is 32.2. The molecule has 43 heavy (non-hydrogen) atoms. The van der Waals surface area contributed by atoms with Crippen LogP contribution in [0.15, 0.2) is 36.2 Å². The minimum atomic E-state index is -3.01. The van der Waals surface area contributed by atoms with Crippen LogP contribution in [0.3, 0.4) is 0 Å². The number of aromatic nitrogens is 2. The zero-order chi connectivity index (χ0) is 31.3. The lowest BCUT2D eigenvalue weighted by atomic mass is 10.0. The average Bonchev–Trinajstić information content (AvgIpc) is 3.78. The third kappa shape index (κ3) is 8.85. The fourth-order valence-electron chi connectivity index (χ4n) is 4.39. The van der Waals surface area contributed by atoms with Gasteiger partial charge in [0.2, 0.25) is 5.91 Å². The van der Waals surface area contributed by atoms with Gasteiger partial charge in [0.15, 0.2) is 30.9 Å². The van der Waals surface area contributed by atoms with Gasteiger partial charge in [0.05, 0.1) is 29.5 Å². The summed E-state index contributed by atoms with van der Waals surface area (Å²) in [6.45, 7) is 3.20. The molecule has 0 bridgehead atoms. The zero-order valence-electron chi connectivity index (χ0n) is 23.8. The SMILES string of the molecule is [B]C(O)(O)NC(=O)c1nnc(NC(=O)C2CC2)cc1Nc1cccc(N(N)/C=C(\N)CN2CCN(S(C)=O)CC2)c1OC. The summed E-state index contributed by atoms with van der Waals surface area (Å²) in [6, 6.07) is 6.40. The molecule has 1 aliphatic heterocycles. The molecule has 1 unspecified atom stereocenters. The summed E-state index contributed by atoms with van der Waals surface area (Å²) >= 11 is 0. The van der Waals surface area contributed by atoms with Crippen LogP contribution in [0.5, 0.6) is 5.75 Å². The second kappa shape index (κ2) is 13.7. The molecule has 2 aromatic rings. The Kier molecular flexibility index (Phi) is 10.2. The van der Waals surface area contributed by atoms with E-state index in [1.165, 1.54) is 18.2 Å². The molecule has 1 saturated carbocycles. The summed E-state index contributed by atoms with van der Waals surface area (Å²) in [5.41, 5.74) is 7.25. The predicted octanol–water partition coefficient (Wildman–Crippen LogP) is -1.54. The molecule has 2 amide bonds. The second-order valence-electron chi connectivity index (χ2n) is 10.2. The van der Waals surface area contributed by atoms with Crippen LogP contribution in [0.25, 0.3) is 0 Å². The van der Waals surface area contributed by atoms with Crippen molar-refractivity contribution in [3.8, 4) is 5.75 Å². The van der Waals surface area contributed by atoms with Gasteiger partial charge in [-0.15, -0.1) is 10.2 Å². The molecule has 1 aliphatic carbocycles. The van der Waals surface area contributed by atoms with E-state index in [-0.39, 0.29) is 34.8 Å². The molecule has 2 fully saturated rings. The van der Waals surface area contributed by atoms with Crippen molar-refractivity contribution < 1.29 is 28.7 Å². The van der Waals surface area contributed by atoms with Crippen LogP contribution >= 0.6 is 0 Å². The number of ether oxygens (including phenoxy) is 1. The lowest BCUT2D eigenvalue weighted by Crippen LogP contribution is -2.49. The highest BCUT2D eigenvalue weighted by Gasteiger charge is 2.30. The Morgan fingerprint density at radius 1 is 1.23 bits per heavy atom. The van der Waals surface area contributed by atoms with Crippen molar-refractivity contribution in [2.75, 3.05) is 61.7 Å². The largest absolute Gasteiger partial charge is 0.492 e. The third-order valence-electron chi connectivity index (χ3n) is 6.66. The van der Waals surface area contributed by atoms with E-state index in [9.17, 15) is 24.0 Å². The van der Waals surface area contributed by atoms with E-state index in [1.807, 2.05) is 4.31 Å². The number of nitrogens with zero attached hydrogens (tertiary/aromatic N) is 5. The van der Waals surface area contributed by atoms with Gasteiger partial charge in [0, 0.05) is 62.9 Å². The summed E-state index contributed by atoms with van der Waals surface area (Å²) in [6.07, 6.45) is 4.76. The van der Waals surface area contributed by atoms with Gasteiger partial charge in [-0.3, -0.25) is 19.5 Å². The number of nitrogens with two attached hydrogens (primary N) is 2. The Morgan fingerprint density at radius 2 is 1.93 bits per heavy atom. The Morgan fingerprint density at radius 3 is 2.53 bits per heavy atom. The lowest BCUT2D eigenvalue weighted by Gasteiger charge is -2.33. The number of nitrogens with one attached hydrogen (secondary N) is 3. The highest BCUT2D eigenvalue weighted by Crippen LogP contribution is 2.37. The number of amides is 2. The van der Waals surface area contributed by atoms with E-state index in [1.54, 1.807) is 36.0 Å². The Hall–Kier alpha value is -3.81. The van der Waals surface area contributed by atoms with Gasteiger partial charge >= 0.3 is 0 Å². The van der Waals surface area contributed by atoms with Crippen molar-refractivity contribution in [1.29, 1.82) is 0 Å². The number of para-hydroxylation sites is 1. The number of benzene rings is 1. The molecule has 4 rings (SSSR count). The maximum Gasteiger partial charge on any atom is 0.277 e. The number of hydrogen-bond donors (Lipinski definition) is 7. The molecule has 2 aliphatic rings. The quantitative estimate of drug-likeness (QED) is 0.0624. The summed E-state index contributed by atoms with van der Waals surface area (Å²) < 4.78 is 19.2. The number of carbonyl (C=O) groups excluding carboxylic acids is 2. The molecular formula is C25H35BN10O6S. The maximum atomic E-state index is 12.7. The number of rotatable bonds is 12. The van der Waals surface area contributed by atoms with Gasteiger partial charge in [-0.05, 0) is 25.0 Å². The van der Waals surface area contributed by atoms with Gasteiger partial charge in [-0.2, -0.15) is 0 Å². The summed E-state index contributed by atoms with van der Waals surface area (Å²) in [7, 11) is 5.53. The molecule has 9 N–H and O–H groups in total. The lowest BCUT2D eigenvalue weighted by molar-refractivity contribution is -0.117. The van der Waals surface area contributed by atoms with Crippen molar-refractivity contribution in [3.05, 3.63) is 41.9 Å². The molecular weight excluding hydrogens is 579 g/mol. The first-order chi connectivity index (χ1) is 20.3. The Bertz CT molecular complexity index is 1400. The van der Waals surface area contributed by atoms with Crippen LogP contribution < -0.4 is 37.3 Å². The predicted molar refractivity (Wildman–Crippen MR) is 161 cm³/mol. The molecule has 230 valence electrons. The topological polar surface area (TPSA) is 225 Å². The standard InChI is InChI=1S/C25H35BN10O6S/c1-42-22-17(4-3-5-19(22)36(28)14-16(27)13-34-8-10-35(11-9-34)43(2)41)29-18-12-20(30-23(37)15-6-7-15)32-33-21(18)24(38)31-25(26,39)40/h3-5,12,14-15,39-40H,6-11,13,27-28H2,1-2H3,(H,31,38)(H2,29,30,32,37)/b16-14-. The fraction of sp³-hybridized carbons (Fsp3) is 0.440. The number of anilines is 4. The molecule has 1 atom stereocenters. The molecule has 18 heteroatoms. The zero-order valence-corrected chi connectivity index (χ0v) is 24.6. The minimum absolute atomic E-state index is 0.0454. The number of aliphatic hydroxyl groups is 2. The number of hydrazine groups is 1. The third-order valence-corrected chi connectivity index (χ3v) is 7.75. The molecule has 1 aromatic carbocycles. The molecule has 16 nitrogen and oxygen atoms in total. The van der Waals surface area contributed by atoms with Crippen LogP contribution in [0.4, 0.5) is 22.9 Å². The normalized spacial score (nSPS) is 17.2. The number of methoxy groups -OCH3 is 1. The monoisotopic (exact) mass is 614 g/mol. The summed E-state index contributed by atoms with van der Waals surface area (Å²) in [4.78, 5) is 27.2. The molecule has 2 heterocycles. The number of piperazine rings is 1. The van der Waals surface area contributed by atoms with Crippen molar-refractivity contribution in [1.82, 2.24) is 24.7 Å². The van der Waals surface area contributed by atoms with Crippen LogP contribution in [0.1, 0.15) is 23.3 Å². The molecule has 0 spiro atoms. The Balaban J connectivity index is 1.56. The Labute approximate surface area is 252 Å². The van der Waals surface area contributed by atoms with E-state index < -0.39 is 22.7 Å². The van der Waals surface area contributed by atoms with E-state index in [4.69, 9.17) is 24.2 Å². The van der Waals surface area contributed by atoms with Crippen molar-refractivity contribution in [2.45, 2.75) is 18.7 Å². The summed E-state index contributed by atoms with van der Waals surface area (Å²) in [5.74, 6) is 2.30. The van der Waals surface area contributed by atoms with Gasteiger partial charge < -0.3 is 36.6 Å². The molecule has 2 radical (unpaired) electrons. The van der Waals surface area contributed by atoms with E-state index >= 15 is 0 Å². The maximum absolute atomic E-state index is 12.7. The fourth-order valence-corrected chi connectivity index (χ4v) is 5.07. The van der Waals surface area contributed by atoms with E-state index in [0.717, 1.165) is 12.8 Å². The summed E-state index contributed by atoms with van der Waals surface area (Å²) in [5, 5.41) is 35.4. The highest BCUT2D eigenvalue weighted by molar-refractivity contribution is 7.81. The smallest absolute Gasteiger partial charge is 0.277 e. The van der Waals surface area contributed by atoms with Crippen LogP contribution in [-0.4, -0.2) is 105 Å². The second-order valence-corrected chi connectivity index (χ2v) is 11.5. The molecule has 1 aromatic heterocycles. The minimum Gasteiger partial charge on any atom is -0.492 e. The van der Waals surface area contributed by atoms with Crippen LogP contribution in [-0.2, 0) is 15.8 Å². The van der Waals surface area contributed by atoms with Gasteiger partial charge in [-0.1, -0.05) is 6.07 Å². The molecule has 1 saturated heterocycles. The van der Waals surface area contributed by atoms with Crippen LogP contribution in [0, 0.1) is 5.92 Å².